The van der Waals surface area contributed by atoms with Gasteiger partial charge in [-0.2, -0.15) is 5.26 Å². The molecule has 0 radical (unpaired) electrons. The lowest BCUT2D eigenvalue weighted by atomic mass is 9.96. The molecule has 4 unspecified atom stereocenters. The lowest BCUT2D eigenvalue weighted by molar-refractivity contribution is -0.300. The Labute approximate surface area is 195 Å². The van der Waals surface area contributed by atoms with Crippen molar-refractivity contribution in [1.29, 1.82) is 5.26 Å². The van der Waals surface area contributed by atoms with E-state index in [1.807, 2.05) is 43.3 Å². The fraction of sp³-hybridized carbons (Fsp3) is 0.409. The highest BCUT2D eigenvalue weighted by molar-refractivity contribution is 7.99. The molecule has 0 amide bonds. The largest absolute Gasteiger partial charge is 0.374 e. The van der Waals surface area contributed by atoms with Crippen LogP contribution in [-0.4, -0.2) is 43.0 Å². The number of azide groups is 1. The molecule has 2 aromatic rings. The first-order valence-corrected chi connectivity index (χ1v) is 11.4. The number of rotatable bonds is 6. The van der Waals surface area contributed by atoms with E-state index in [9.17, 15) is 5.53 Å². The third kappa shape index (κ3) is 4.87. The van der Waals surface area contributed by atoms with Gasteiger partial charge >= 0.3 is 0 Å². The average Bonchev–Trinajstić information content (AvgIpc) is 2.82. The van der Waals surface area contributed by atoms with Crippen molar-refractivity contribution in [2.45, 2.75) is 47.9 Å². The average molecular weight is 473 g/mol. The molecule has 6 atom stereocenters. The zero-order valence-corrected chi connectivity index (χ0v) is 18.8. The molecule has 2 fully saturated rings. The maximum absolute atomic E-state index is 9.27. The standard InChI is InChI=1S/C22H21ClN4O4S/c1-2-28-20-18(26-27-25)19-17(12-29-21(31-19)13-6-4-3-5-7-13)30-22(20)32-15-9-8-14(11-24)16(23)10-15/h3-10,17-22H,2,12H2,1H3/t17?,18?,19-,20?,21?,22+/m0/s1. The van der Waals surface area contributed by atoms with Crippen molar-refractivity contribution in [3.63, 3.8) is 0 Å². The Balaban J connectivity index is 1.59. The van der Waals surface area contributed by atoms with Gasteiger partial charge in [0.25, 0.3) is 0 Å². The Bertz CT molecular complexity index is 1030. The summed E-state index contributed by atoms with van der Waals surface area (Å²) in [5.41, 5.74) is 10.1. The van der Waals surface area contributed by atoms with E-state index < -0.39 is 36.1 Å². The molecule has 2 heterocycles. The van der Waals surface area contributed by atoms with Gasteiger partial charge in [-0.3, -0.25) is 0 Å². The molecular weight excluding hydrogens is 452 g/mol. The summed E-state index contributed by atoms with van der Waals surface area (Å²) in [5.74, 6) is 0. The second-order valence-electron chi connectivity index (χ2n) is 7.21. The molecule has 0 N–H and O–H groups in total. The number of hydrogen-bond donors (Lipinski definition) is 0. The van der Waals surface area contributed by atoms with Crippen LogP contribution >= 0.6 is 23.4 Å². The van der Waals surface area contributed by atoms with Crippen molar-refractivity contribution < 1.29 is 18.9 Å². The van der Waals surface area contributed by atoms with Crippen LogP contribution in [0, 0.1) is 11.3 Å². The summed E-state index contributed by atoms with van der Waals surface area (Å²) < 4.78 is 24.4. The highest BCUT2D eigenvalue weighted by Crippen LogP contribution is 2.41. The molecule has 2 saturated heterocycles. The minimum atomic E-state index is -0.611. The van der Waals surface area contributed by atoms with Gasteiger partial charge in [0, 0.05) is 22.0 Å². The molecule has 0 aliphatic carbocycles. The lowest BCUT2D eigenvalue weighted by Crippen LogP contribution is -2.60. The number of benzene rings is 2. The fourth-order valence-electron chi connectivity index (χ4n) is 3.80. The summed E-state index contributed by atoms with van der Waals surface area (Å²) >= 11 is 7.59. The third-order valence-corrected chi connectivity index (χ3v) is 6.69. The number of halogens is 1. The van der Waals surface area contributed by atoms with Crippen LogP contribution in [0.25, 0.3) is 10.4 Å². The van der Waals surface area contributed by atoms with Crippen LogP contribution in [0.5, 0.6) is 0 Å². The Hall–Kier alpha value is -2.28. The molecule has 2 aromatic carbocycles. The lowest BCUT2D eigenvalue weighted by Gasteiger charge is -2.48. The first-order chi connectivity index (χ1) is 15.6. The van der Waals surface area contributed by atoms with Crippen LogP contribution in [0.2, 0.25) is 5.02 Å². The molecule has 2 aliphatic heterocycles. The zero-order chi connectivity index (χ0) is 22.5. The molecule has 2 aliphatic rings. The normalized spacial score (nSPS) is 29.4. The summed E-state index contributed by atoms with van der Waals surface area (Å²) in [7, 11) is 0. The van der Waals surface area contributed by atoms with Gasteiger partial charge in [-0.15, -0.1) is 0 Å². The van der Waals surface area contributed by atoms with Crippen molar-refractivity contribution in [3.05, 3.63) is 75.1 Å². The second kappa shape index (κ2) is 10.6. The number of ether oxygens (including phenoxy) is 4. The van der Waals surface area contributed by atoms with Crippen LogP contribution in [0.15, 0.2) is 58.5 Å². The van der Waals surface area contributed by atoms with Gasteiger partial charge in [-0.25, -0.2) is 0 Å². The van der Waals surface area contributed by atoms with Crippen LogP contribution in [0.1, 0.15) is 24.3 Å². The first kappa shape index (κ1) is 22.9. The van der Waals surface area contributed by atoms with E-state index in [2.05, 4.69) is 10.0 Å². The predicted octanol–water partition coefficient (Wildman–Crippen LogP) is 5.23. The number of nitriles is 1. The number of fused-ring (bicyclic) bond motifs is 1. The highest BCUT2D eigenvalue weighted by Gasteiger charge is 2.50. The molecule has 0 spiro atoms. The molecule has 0 saturated carbocycles. The number of nitrogens with zero attached hydrogens (tertiary/aromatic N) is 4. The van der Waals surface area contributed by atoms with Crippen LogP contribution in [-0.2, 0) is 18.9 Å². The Morgan fingerprint density at radius 2 is 2.09 bits per heavy atom. The molecule has 8 nitrogen and oxygen atoms in total. The summed E-state index contributed by atoms with van der Waals surface area (Å²) in [6, 6.07) is 16.2. The third-order valence-electron chi connectivity index (χ3n) is 5.24. The molecule has 10 heteroatoms. The van der Waals surface area contributed by atoms with Gasteiger partial charge < -0.3 is 18.9 Å². The summed E-state index contributed by atoms with van der Waals surface area (Å²) in [6.07, 6.45) is -2.09. The summed E-state index contributed by atoms with van der Waals surface area (Å²) in [5, 5.41) is 13.5. The van der Waals surface area contributed by atoms with Crippen molar-refractivity contribution in [3.8, 4) is 6.07 Å². The molecular formula is C22H21ClN4O4S. The van der Waals surface area contributed by atoms with Crippen LogP contribution in [0.3, 0.4) is 0 Å². The second-order valence-corrected chi connectivity index (χ2v) is 8.79. The molecule has 166 valence electrons. The number of thioether (sulfide) groups is 1. The molecule has 4 rings (SSSR count). The topological polar surface area (TPSA) is 109 Å². The van der Waals surface area contributed by atoms with Crippen molar-refractivity contribution in [2.24, 2.45) is 5.11 Å². The quantitative estimate of drug-likeness (QED) is 0.323. The van der Waals surface area contributed by atoms with Gasteiger partial charge in [0.05, 0.1) is 23.2 Å². The molecule has 32 heavy (non-hydrogen) atoms. The van der Waals surface area contributed by atoms with E-state index in [0.717, 1.165) is 10.5 Å². The summed E-state index contributed by atoms with van der Waals surface area (Å²) in [4.78, 5) is 3.87. The van der Waals surface area contributed by atoms with Gasteiger partial charge in [0.1, 0.15) is 29.8 Å². The minimum Gasteiger partial charge on any atom is -0.374 e. The van der Waals surface area contributed by atoms with E-state index in [4.69, 9.17) is 35.8 Å². The van der Waals surface area contributed by atoms with E-state index in [1.54, 1.807) is 18.2 Å². The molecule has 0 aromatic heterocycles. The maximum Gasteiger partial charge on any atom is 0.184 e. The first-order valence-electron chi connectivity index (χ1n) is 10.1. The maximum atomic E-state index is 9.27. The number of hydrogen-bond acceptors (Lipinski definition) is 7. The van der Waals surface area contributed by atoms with Gasteiger partial charge in [0.2, 0.25) is 0 Å². The fourth-order valence-corrected chi connectivity index (χ4v) is 5.26. The van der Waals surface area contributed by atoms with Crippen LogP contribution in [0.4, 0.5) is 0 Å². The smallest absolute Gasteiger partial charge is 0.184 e. The zero-order valence-electron chi connectivity index (χ0n) is 17.2. The minimum absolute atomic E-state index is 0.283. The van der Waals surface area contributed by atoms with Crippen molar-refractivity contribution in [2.75, 3.05) is 13.2 Å². The van der Waals surface area contributed by atoms with E-state index in [1.165, 1.54) is 11.8 Å². The van der Waals surface area contributed by atoms with E-state index in [0.29, 0.717) is 17.2 Å². The monoisotopic (exact) mass is 472 g/mol. The Kier molecular flexibility index (Phi) is 7.55. The Morgan fingerprint density at radius 1 is 1.28 bits per heavy atom. The van der Waals surface area contributed by atoms with Gasteiger partial charge in [-0.05, 0) is 30.7 Å². The summed E-state index contributed by atoms with van der Waals surface area (Å²) in [6.45, 7) is 2.57. The highest BCUT2D eigenvalue weighted by atomic mass is 35.5. The Morgan fingerprint density at radius 3 is 2.78 bits per heavy atom. The van der Waals surface area contributed by atoms with Gasteiger partial charge in [-0.1, -0.05) is 58.8 Å². The van der Waals surface area contributed by atoms with E-state index >= 15 is 0 Å². The predicted molar refractivity (Wildman–Crippen MR) is 119 cm³/mol. The van der Waals surface area contributed by atoms with Crippen molar-refractivity contribution in [1.82, 2.24) is 0 Å². The van der Waals surface area contributed by atoms with E-state index in [-0.39, 0.29) is 6.61 Å². The van der Waals surface area contributed by atoms with Gasteiger partial charge in [0.15, 0.2) is 6.29 Å². The molecule has 0 bridgehead atoms. The SMILES string of the molecule is CCOC1C(N=[N+]=[N-])[C@H]2OC(c3ccccc3)OCC2O[C@@H]1Sc1ccc(C#N)c(Cl)c1. The van der Waals surface area contributed by atoms with Crippen LogP contribution < -0.4 is 0 Å². The van der Waals surface area contributed by atoms with Crippen molar-refractivity contribution >= 4 is 23.4 Å².